The fourth-order valence-electron chi connectivity index (χ4n) is 5.24. The second-order valence-electron chi connectivity index (χ2n) is 12.8. The van der Waals surface area contributed by atoms with Crippen molar-refractivity contribution < 1.29 is 60.6 Å². The number of epoxide rings is 1. The predicted molar refractivity (Wildman–Crippen MR) is 164 cm³/mol. The molecular weight excluding hydrogens is 624 g/mol. The summed E-state index contributed by atoms with van der Waals surface area (Å²) in [5.74, 6) is -3.75. The Morgan fingerprint density at radius 1 is 0.913 bits per heavy atom. The maximum Gasteiger partial charge on any atom is 0.311 e. The number of aliphatic hydroxyl groups is 1. The normalized spacial score (nSPS) is 18.0. The number of aliphatic hydroxyl groups excluding tert-OH is 1. The first-order valence-corrected chi connectivity index (χ1v) is 16.6. The number of carbonyl (C=O) groups is 4. The number of esters is 4. The largest absolute Gasteiger partial charge is 0.469 e. The van der Waals surface area contributed by atoms with Gasteiger partial charge in [0.05, 0.1) is 47.4 Å². The van der Waals surface area contributed by atoms with Crippen LogP contribution in [0.4, 0.5) is 0 Å². The lowest BCUT2D eigenvalue weighted by molar-refractivity contribution is -0.165. The van der Waals surface area contributed by atoms with Crippen LogP contribution in [0, 0.1) is 29.1 Å². The van der Waals surface area contributed by atoms with E-state index in [0.29, 0.717) is 6.61 Å². The van der Waals surface area contributed by atoms with Crippen molar-refractivity contribution in [1.82, 2.24) is 0 Å². The minimum Gasteiger partial charge on any atom is -0.469 e. The molecule has 1 aliphatic rings. The van der Waals surface area contributed by atoms with Crippen LogP contribution in [0.15, 0.2) is 29.2 Å². The van der Waals surface area contributed by atoms with E-state index in [-0.39, 0.29) is 56.5 Å². The summed E-state index contributed by atoms with van der Waals surface area (Å²) in [5.41, 5.74) is -2.95. The van der Waals surface area contributed by atoms with Crippen LogP contribution < -0.4 is 0 Å². The molecule has 4 unspecified atom stereocenters. The molecule has 14 heteroatoms. The van der Waals surface area contributed by atoms with E-state index in [1.807, 2.05) is 6.92 Å². The lowest BCUT2D eigenvalue weighted by Crippen LogP contribution is -2.43. The van der Waals surface area contributed by atoms with Crippen molar-refractivity contribution in [2.75, 3.05) is 46.8 Å². The average Bonchev–Trinajstić information content (AvgIpc) is 3.84. The number of hydrogen-bond donors (Lipinski definition) is 1. The first kappa shape index (κ1) is 39.1. The summed E-state index contributed by atoms with van der Waals surface area (Å²) in [7, 11) is -2.87. The maximum absolute atomic E-state index is 13.3. The third-order valence-corrected chi connectivity index (χ3v) is 9.39. The Hall–Kier alpha value is -3.07. The molecule has 0 bridgehead atoms. The van der Waals surface area contributed by atoms with Crippen LogP contribution in [0.1, 0.15) is 65.9 Å². The Labute approximate surface area is 271 Å². The van der Waals surface area contributed by atoms with Crippen molar-refractivity contribution in [3.63, 3.8) is 0 Å². The summed E-state index contributed by atoms with van der Waals surface area (Å²) < 4.78 is 56.1. The van der Waals surface area contributed by atoms with Gasteiger partial charge < -0.3 is 28.8 Å². The number of methoxy groups -OCH3 is 1. The molecule has 1 fully saturated rings. The summed E-state index contributed by atoms with van der Waals surface area (Å²) in [5, 5.41) is 9.25. The molecule has 0 saturated carbocycles. The maximum atomic E-state index is 13.3. The highest BCUT2D eigenvalue weighted by molar-refractivity contribution is 7.86. The van der Waals surface area contributed by atoms with E-state index >= 15 is 0 Å². The number of benzene rings is 1. The molecule has 1 heterocycles. The predicted octanol–water partition coefficient (Wildman–Crippen LogP) is 3.13. The highest BCUT2D eigenvalue weighted by atomic mass is 32.2. The zero-order chi connectivity index (χ0) is 34.8. The van der Waals surface area contributed by atoms with Gasteiger partial charge >= 0.3 is 23.9 Å². The van der Waals surface area contributed by atoms with Crippen molar-refractivity contribution in [2.45, 2.75) is 78.2 Å². The van der Waals surface area contributed by atoms with Crippen LogP contribution >= 0.6 is 0 Å². The van der Waals surface area contributed by atoms with E-state index in [1.165, 1.54) is 19.2 Å². The quantitative estimate of drug-likeness (QED) is 0.0702. The average molecular weight is 673 g/mol. The summed E-state index contributed by atoms with van der Waals surface area (Å²) >= 11 is 0. The molecule has 0 spiro atoms. The Balaban J connectivity index is 2.19. The highest BCUT2D eigenvalue weighted by Gasteiger charge is 2.48. The SMILES string of the molecule is CCC(C)(CC(CC(C)(CC(C)(C)C(=O)OCC1CO1)C(=O)OC)C(=O)OCCO)C(=O)OCCOS(=O)(=O)c1ccc(C)cc1. The van der Waals surface area contributed by atoms with Gasteiger partial charge in [0.1, 0.15) is 32.5 Å². The van der Waals surface area contributed by atoms with Crippen LogP contribution in [0.25, 0.3) is 0 Å². The summed E-state index contributed by atoms with van der Waals surface area (Å²) in [4.78, 5) is 52.7. The van der Waals surface area contributed by atoms with Crippen molar-refractivity contribution >= 4 is 34.0 Å². The molecule has 13 nitrogen and oxygen atoms in total. The molecule has 1 N–H and O–H groups in total. The summed E-state index contributed by atoms with van der Waals surface area (Å²) in [6.07, 6.45) is -0.263. The van der Waals surface area contributed by atoms with E-state index in [9.17, 15) is 32.7 Å². The lowest BCUT2D eigenvalue weighted by atomic mass is 9.67. The van der Waals surface area contributed by atoms with E-state index in [1.54, 1.807) is 46.8 Å². The van der Waals surface area contributed by atoms with Gasteiger partial charge in [0, 0.05) is 0 Å². The van der Waals surface area contributed by atoms with Gasteiger partial charge in [-0.15, -0.1) is 0 Å². The fraction of sp³-hybridized carbons (Fsp3) is 0.688. The van der Waals surface area contributed by atoms with E-state index in [4.69, 9.17) is 27.9 Å². The molecule has 0 aliphatic carbocycles. The molecule has 2 rings (SSSR count). The number of rotatable bonds is 20. The zero-order valence-corrected chi connectivity index (χ0v) is 28.6. The first-order chi connectivity index (χ1) is 21.4. The zero-order valence-electron chi connectivity index (χ0n) is 27.8. The van der Waals surface area contributed by atoms with Crippen LogP contribution in [0.5, 0.6) is 0 Å². The van der Waals surface area contributed by atoms with Crippen LogP contribution in [-0.4, -0.2) is 90.3 Å². The van der Waals surface area contributed by atoms with Crippen LogP contribution in [0.2, 0.25) is 0 Å². The van der Waals surface area contributed by atoms with Gasteiger partial charge in [-0.3, -0.25) is 23.4 Å². The van der Waals surface area contributed by atoms with Gasteiger partial charge in [-0.25, -0.2) is 0 Å². The number of ether oxygens (including phenoxy) is 5. The molecule has 4 atom stereocenters. The van der Waals surface area contributed by atoms with Gasteiger partial charge in [0.15, 0.2) is 0 Å². The fourth-order valence-corrected chi connectivity index (χ4v) is 6.13. The Morgan fingerprint density at radius 3 is 2.07 bits per heavy atom. The van der Waals surface area contributed by atoms with Crippen molar-refractivity contribution in [3.8, 4) is 0 Å². The molecule has 0 aromatic heterocycles. The van der Waals surface area contributed by atoms with Crippen LogP contribution in [0.3, 0.4) is 0 Å². The molecule has 46 heavy (non-hydrogen) atoms. The van der Waals surface area contributed by atoms with Crippen molar-refractivity contribution in [3.05, 3.63) is 29.8 Å². The van der Waals surface area contributed by atoms with Crippen molar-refractivity contribution in [1.29, 1.82) is 0 Å². The Morgan fingerprint density at radius 2 is 1.52 bits per heavy atom. The first-order valence-electron chi connectivity index (χ1n) is 15.2. The minimum absolute atomic E-state index is 0.0333. The Bertz CT molecular complexity index is 1300. The summed E-state index contributed by atoms with van der Waals surface area (Å²) in [6, 6.07) is 6.09. The van der Waals surface area contributed by atoms with E-state index in [0.717, 1.165) is 5.56 Å². The van der Waals surface area contributed by atoms with Gasteiger partial charge in [-0.1, -0.05) is 24.6 Å². The summed E-state index contributed by atoms with van der Waals surface area (Å²) in [6.45, 7) is 8.99. The van der Waals surface area contributed by atoms with Gasteiger partial charge in [0.25, 0.3) is 10.1 Å². The minimum atomic E-state index is -4.07. The van der Waals surface area contributed by atoms with Crippen LogP contribution in [-0.2, 0) is 57.2 Å². The molecule has 0 amide bonds. The Kier molecular flexibility index (Phi) is 14.2. The monoisotopic (exact) mass is 672 g/mol. The molecule has 1 saturated heterocycles. The molecule has 1 aliphatic heterocycles. The molecule has 260 valence electrons. The topological polar surface area (TPSA) is 181 Å². The van der Waals surface area contributed by atoms with Gasteiger partial charge in [-0.05, 0) is 72.4 Å². The van der Waals surface area contributed by atoms with E-state index in [2.05, 4.69) is 0 Å². The van der Waals surface area contributed by atoms with E-state index < -0.39 is 69.4 Å². The number of carbonyl (C=O) groups excluding carboxylic acids is 4. The third-order valence-electron chi connectivity index (χ3n) is 8.07. The molecule has 0 radical (unpaired) electrons. The lowest BCUT2D eigenvalue weighted by Gasteiger charge is -2.37. The highest BCUT2D eigenvalue weighted by Crippen LogP contribution is 2.44. The van der Waals surface area contributed by atoms with Gasteiger partial charge in [-0.2, -0.15) is 8.42 Å². The second kappa shape index (κ2) is 16.7. The second-order valence-corrected chi connectivity index (χ2v) is 14.4. The van der Waals surface area contributed by atoms with Crippen molar-refractivity contribution in [2.24, 2.45) is 22.2 Å². The smallest absolute Gasteiger partial charge is 0.311 e. The third kappa shape index (κ3) is 11.3. The number of hydrogen-bond acceptors (Lipinski definition) is 13. The molecule has 1 aromatic rings. The molecular formula is C32H48O13S. The number of aryl methyl sites for hydroxylation is 1. The molecule has 1 aromatic carbocycles. The van der Waals surface area contributed by atoms with Gasteiger partial charge in [0.2, 0.25) is 0 Å². The standard InChI is InChI=1S/C32H48O13S/c1-8-31(5,29(37)42-15-16-45-46(38,39)25-11-9-22(2)10-12-25)17-23(26(34)41-14-13-33)18-32(6,28(36)40-7)21-30(3,4)27(35)44-20-24-19-43-24/h9-12,23-24,33H,8,13-21H2,1-7H3.